The molecule has 1 atom stereocenters. The zero-order valence-corrected chi connectivity index (χ0v) is 17.0. The average molecular weight is 429 g/mol. The van der Waals surface area contributed by atoms with E-state index in [9.17, 15) is 13.2 Å². The van der Waals surface area contributed by atoms with Crippen molar-refractivity contribution >= 4 is 5.97 Å². The molecule has 4 rings (SSSR count). The molecular weight excluding hydrogens is 403 g/mol. The summed E-state index contributed by atoms with van der Waals surface area (Å²) in [5.74, 6) is 0.0401. The molecule has 0 bridgehead atoms. The molecule has 1 aliphatic carbocycles. The van der Waals surface area contributed by atoms with Gasteiger partial charge in [0.1, 0.15) is 11.5 Å². The van der Waals surface area contributed by atoms with Crippen LogP contribution in [0.4, 0.5) is 13.2 Å². The van der Waals surface area contributed by atoms with Crippen LogP contribution < -0.4 is 0 Å². The van der Waals surface area contributed by atoms with Crippen molar-refractivity contribution in [1.29, 1.82) is 0 Å². The Morgan fingerprint density at radius 1 is 1.33 bits per heavy atom. The summed E-state index contributed by atoms with van der Waals surface area (Å²) in [6.07, 6.45) is 0.633. The van der Waals surface area contributed by atoms with Crippen molar-refractivity contribution in [1.82, 2.24) is 14.7 Å². The van der Waals surface area contributed by atoms with Gasteiger partial charge in [0.05, 0.1) is 31.1 Å². The Bertz CT molecular complexity index is 858. The molecule has 2 aromatic heterocycles. The summed E-state index contributed by atoms with van der Waals surface area (Å²) in [6.45, 7) is 5.49. The Kier molecular flexibility index (Phi) is 6.87. The van der Waals surface area contributed by atoms with E-state index in [1.165, 1.54) is 24.1 Å². The monoisotopic (exact) mass is 429 g/mol. The van der Waals surface area contributed by atoms with Crippen LogP contribution in [-0.2, 0) is 29.5 Å². The Morgan fingerprint density at radius 3 is 2.60 bits per heavy atom. The molecule has 166 valence electrons. The van der Waals surface area contributed by atoms with Gasteiger partial charge in [0.2, 0.25) is 0 Å². The molecule has 1 saturated carbocycles. The zero-order valence-electron chi connectivity index (χ0n) is 17.0. The molecule has 0 aromatic carbocycles. The molecule has 1 fully saturated rings. The molecule has 0 saturated heterocycles. The Balaban J connectivity index is 0.000000318. The fraction of sp³-hybridized carbons (Fsp3) is 0.600. The van der Waals surface area contributed by atoms with E-state index in [1.54, 1.807) is 0 Å². The normalized spacial score (nSPS) is 19.2. The predicted molar refractivity (Wildman–Crippen MR) is 101 cm³/mol. The van der Waals surface area contributed by atoms with Crippen molar-refractivity contribution in [2.24, 2.45) is 13.0 Å². The molecule has 7 nitrogen and oxygen atoms in total. The number of rotatable bonds is 6. The lowest BCUT2D eigenvalue weighted by atomic mass is 10.00. The number of carbonyl (C=O) groups is 1. The first-order valence-corrected chi connectivity index (χ1v) is 9.83. The van der Waals surface area contributed by atoms with Gasteiger partial charge in [-0.3, -0.25) is 9.58 Å². The van der Waals surface area contributed by atoms with Gasteiger partial charge < -0.3 is 14.3 Å². The molecule has 3 heterocycles. The highest BCUT2D eigenvalue weighted by molar-refractivity contribution is 5.73. The third kappa shape index (κ3) is 5.85. The average Bonchev–Trinajstić information content (AvgIpc) is 3.29. The van der Waals surface area contributed by atoms with Gasteiger partial charge in [0.25, 0.3) is 0 Å². The number of nitrogens with zero attached hydrogens (tertiary/aromatic N) is 3. The molecule has 0 amide bonds. The smallest absolute Gasteiger partial charge is 0.475 e. The highest BCUT2D eigenvalue weighted by Gasteiger charge is 2.38. The van der Waals surface area contributed by atoms with Crippen molar-refractivity contribution in [3.63, 3.8) is 0 Å². The van der Waals surface area contributed by atoms with E-state index in [-0.39, 0.29) is 6.04 Å². The van der Waals surface area contributed by atoms with Crippen LogP contribution in [0.3, 0.4) is 0 Å². The fourth-order valence-electron chi connectivity index (χ4n) is 3.48. The van der Waals surface area contributed by atoms with Crippen molar-refractivity contribution in [2.45, 2.75) is 44.9 Å². The molecular formula is C20H26F3N3O4. The van der Waals surface area contributed by atoms with Gasteiger partial charge in [0.15, 0.2) is 0 Å². The third-order valence-corrected chi connectivity index (χ3v) is 5.21. The van der Waals surface area contributed by atoms with Crippen LogP contribution >= 0.6 is 0 Å². The number of ether oxygens (including phenoxy) is 1. The van der Waals surface area contributed by atoms with Crippen LogP contribution in [0.2, 0.25) is 0 Å². The molecule has 30 heavy (non-hydrogen) atoms. The van der Waals surface area contributed by atoms with Gasteiger partial charge >= 0.3 is 12.1 Å². The first-order chi connectivity index (χ1) is 14.1. The summed E-state index contributed by atoms with van der Waals surface area (Å²) < 4.78 is 45.6. The van der Waals surface area contributed by atoms with E-state index in [0.717, 1.165) is 50.2 Å². The van der Waals surface area contributed by atoms with Gasteiger partial charge in [-0.25, -0.2) is 4.79 Å². The topological polar surface area (TPSA) is 80.7 Å². The van der Waals surface area contributed by atoms with E-state index in [0.29, 0.717) is 0 Å². The molecule has 2 aromatic rings. The van der Waals surface area contributed by atoms with Crippen LogP contribution in [0.15, 0.2) is 22.7 Å². The second-order valence-corrected chi connectivity index (χ2v) is 7.71. The van der Waals surface area contributed by atoms with Crippen molar-refractivity contribution < 1.29 is 32.2 Å². The number of aromatic nitrogens is 2. The van der Waals surface area contributed by atoms with Crippen molar-refractivity contribution in [3.05, 3.63) is 41.1 Å². The number of alkyl halides is 3. The molecule has 10 heteroatoms. The maximum atomic E-state index is 10.6. The predicted octanol–water partition coefficient (Wildman–Crippen LogP) is 3.48. The molecule has 1 unspecified atom stereocenters. The number of hydrogen-bond donors (Lipinski definition) is 1. The SMILES string of the molecule is Cc1ccc(CN2CCc3cnn(C)c3C2COCC2CC2)o1.O=C(O)C(F)(F)F. The Hall–Kier alpha value is -2.33. The van der Waals surface area contributed by atoms with E-state index in [2.05, 4.69) is 16.1 Å². The summed E-state index contributed by atoms with van der Waals surface area (Å²) in [4.78, 5) is 11.4. The number of carboxylic acid groups (broad SMARTS) is 1. The van der Waals surface area contributed by atoms with Gasteiger partial charge in [-0.15, -0.1) is 0 Å². The number of halogens is 3. The minimum Gasteiger partial charge on any atom is -0.475 e. The molecule has 0 spiro atoms. The second-order valence-electron chi connectivity index (χ2n) is 7.71. The van der Waals surface area contributed by atoms with E-state index in [4.69, 9.17) is 19.1 Å². The highest BCUT2D eigenvalue weighted by atomic mass is 19.4. The number of fused-ring (bicyclic) bond motifs is 1. The Labute approximate surface area is 172 Å². The van der Waals surface area contributed by atoms with Crippen LogP contribution in [0, 0.1) is 12.8 Å². The summed E-state index contributed by atoms with van der Waals surface area (Å²) >= 11 is 0. The lowest BCUT2D eigenvalue weighted by Crippen LogP contribution is -2.38. The quantitative estimate of drug-likeness (QED) is 0.757. The highest BCUT2D eigenvalue weighted by Crippen LogP contribution is 2.33. The molecule has 1 N–H and O–H groups in total. The lowest BCUT2D eigenvalue weighted by Gasteiger charge is -2.35. The van der Waals surface area contributed by atoms with Crippen molar-refractivity contribution in [2.75, 3.05) is 19.8 Å². The number of hydrogen-bond acceptors (Lipinski definition) is 5. The van der Waals surface area contributed by atoms with E-state index in [1.807, 2.05) is 30.9 Å². The summed E-state index contributed by atoms with van der Waals surface area (Å²) in [7, 11) is 2.03. The zero-order chi connectivity index (χ0) is 21.9. The van der Waals surface area contributed by atoms with Gasteiger partial charge in [0, 0.05) is 20.2 Å². The van der Waals surface area contributed by atoms with Crippen LogP contribution in [0.1, 0.15) is 41.7 Å². The lowest BCUT2D eigenvalue weighted by molar-refractivity contribution is -0.192. The van der Waals surface area contributed by atoms with E-state index < -0.39 is 12.1 Å². The Morgan fingerprint density at radius 2 is 2.03 bits per heavy atom. The van der Waals surface area contributed by atoms with Gasteiger partial charge in [-0.1, -0.05) is 0 Å². The number of furan rings is 1. The second kappa shape index (κ2) is 9.22. The standard InChI is InChI=1S/C18H25N3O2.C2HF3O2/c1-13-3-6-16(23-13)10-21-8-7-15-9-19-20(2)18(15)17(21)12-22-11-14-4-5-14;3-2(4,5)1(6)7/h3,6,9,14,17H,4-5,7-8,10-12H2,1-2H3;(H,6,7). The van der Waals surface area contributed by atoms with Crippen molar-refractivity contribution in [3.8, 4) is 0 Å². The van der Waals surface area contributed by atoms with E-state index >= 15 is 0 Å². The summed E-state index contributed by atoms with van der Waals surface area (Å²) in [5.41, 5.74) is 2.66. The minimum absolute atomic E-state index is 0.260. The van der Waals surface area contributed by atoms with Crippen LogP contribution in [-0.4, -0.2) is 51.7 Å². The largest absolute Gasteiger partial charge is 0.490 e. The number of aryl methyl sites for hydroxylation is 2. The van der Waals surface area contributed by atoms with Crippen LogP contribution in [0.5, 0.6) is 0 Å². The fourth-order valence-corrected chi connectivity index (χ4v) is 3.48. The summed E-state index contributed by atoms with van der Waals surface area (Å²) in [5, 5.41) is 11.6. The summed E-state index contributed by atoms with van der Waals surface area (Å²) in [6, 6.07) is 4.37. The number of carboxylic acids is 1. The first-order valence-electron chi connectivity index (χ1n) is 9.83. The number of aliphatic carboxylic acids is 1. The minimum atomic E-state index is -5.08. The van der Waals surface area contributed by atoms with Gasteiger partial charge in [-0.05, 0) is 49.8 Å². The maximum Gasteiger partial charge on any atom is 0.490 e. The first kappa shape index (κ1) is 22.4. The van der Waals surface area contributed by atoms with Crippen LogP contribution in [0.25, 0.3) is 0 Å². The molecule has 1 aliphatic heterocycles. The molecule has 2 aliphatic rings. The third-order valence-electron chi connectivity index (χ3n) is 5.21. The molecule has 0 radical (unpaired) electrons. The maximum absolute atomic E-state index is 10.6. The van der Waals surface area contributed by atoms with Gasteiger partial charge in [-0.2, -0.15) is 18.3 Å².